The molecule has 2 aromatic rings. The quantitative estimate of drug-likeness (QED) is 0.857. The van der Waals surface area contributed by atoms with Crippen LogP contribution >= 0.6 is 11.3 Å². The first kappa shape index (κ1) is 11.3. The molecule has 2 rings (SSSR count). The van der Waals surface area contributed by atoms with E-state index in [1.54, 1.807) is 11.3 Å². The molecular weight excluding hydrogens is 216 g/mol. The molecule has 0 aliphatic rings. The normalized spacial score (nSPS) is 10.6. The zero-order chi connectivity index (χ0) is 11.2. The van der Waals surface area contributed by atoms with Gasteiger partial charge in [-0.05, 0) is 17.5 Å². The van der Waals surface area contributed by atoms with Crippen LogP contribution in [0.3, 0.4) is 0 Å². The first-order valence-electron chi connectivity index (χ1n) is 5.55. The summed E-state index contributed by atoms with van der Waals surface area (Å²) in [7, 11) is 0. The molecule has 1 aromatic carbocycles. The molecule has 0 fully saturated rings. The van der Waals surface area contributed by atoms with Crippen molar-refractivity contribution in [1.29, 1.82) is 0 Å². The topological polar surface area (TPSA) is 24.9 Å². The lowest BCUT2D eigenvalue weighted by Gasteiger charge is -2.08. The minimum absolute atomic E-state index is 0.905. The molecule has 0 amide bonds. The van der Waals surface area contributed by atoms with Crippen molar-refractivity contribution in [1.82, 2.24) is 10.3 Å². The van der Waals surface area contributed by atoms with Gasteiger partial charge in [0.05, 0.1) is 5.51 Å². The monoisotopic (exact) mass is 232 g/mol. The van der Waals surface area contributed by atoms with E-state index in [0.29, 0.717) is 0 Å². The average molecular weight is 232 g/mol. The predicted octanol–water partition coefficient (Wildman–Crippen LogP) is 3.00. The van der Waals surface area contributed by atoms with Gasteiger partial charge in [-0.1, -0.05) is 31.2 Å². The van der Waals surface area contributed by atoms with Crippen LogP contribution in [0.15, 0.2) is 36.0 Å². The summed E-state index contributed by atoms with van der Waals surface area (Å²) < 4.78 is 0. The van der Waals surface area contributed by atoms with E-state index in [0.717, 1.165) is 19.5 Å². The number of benzene rings is 1. The van der Waals surface area contributed by atoms with Crippen LogP contribution in [0, 0.1) is 0 Å². The van der Waals surface area contributed by atoms with E-state index in [2.05, 4.69) is 41.5 Å². The summed E-state index contributed by atoms with van der Waals surface area (Å²) in [6.07, 6.45) is 3.02. The van der Waals surface area contributed by atoms with Crippen molar-refractivity contribution in [2.45, 2.75) is 26.4 Å². The van der Waals surface area contributed by atoms with Crippen LogP contribution in [-0.2, 0) is 19.5 Å². The number of rotatable bonds is 5. The Labute approximate surface area is 100 Å². The molecule has 1 aromatic heterocycles. The molecule has 0 saturated carbocycles. The van der Waals surface area contributed by atoms with Crippen molar-refractivity contribution in [3.05, 3.63) is 52.0 Å². The second-order valence-electron chi connectivity index (χ2n) is 3.69. The van der Waals surface area contributed by atoms with Gasteiger partial charge in [0.1, 0.15) is 0 Å². The van der Waals surface area contributed by atoms with Gasteiger partial charge in [0.15, 0.2) is 0 Å². The lowest BCUT2D eigenvalue weighted by Crippen LogP contribution is -2.13. The lowest BCUT2D eigenvalue weighted by molar-refractivity contribution is 0.694. The van der Waals surface area contributed by atoms with Crippen LogP contribution in [0.2, 0.25) is 0 Å². The minimum atomic E-state index is 0.905. The maximum absolute atomic E-state index is 4.06. The molecule has 0 aliphatic carbocycles. The van der Waals surface area contributed by atoms with E-state index in [1.807, 2.05) is 11.7 Å². The van der Waals surface area contributed by atoms with Gasteiger partial charge in [-0.3, -0.25) is 4.98 Å². The van der Waals surface area contributed by atoms with E-state index >= 15 is 0 Å². The van der Waals surface area contributed by atoms with Gasteiger partial charge < -0.3 is 5.32 Å². The van der Waals surface area contributed by atoms with Crippen molar-refractivity contribution in [3.8, 4) is 0 Å². The van der Waals surface area contributed by atoms with Crippen molar-refractivity contribution < 1.29 is 0 Å². The van der Waals surface area contributed by atoms with Gasteiger partial charge in [0, 0.05) is 24.2 Å². The number of thiazole rings is 1. The maximum atomic E-state index is 4.06. The highest BCUT2D eigenvalue weighted by Gasteiger charge is 1.99. The van der Waals surface area contributed by atoms with E-state index in [4.69, 9.17) is 0 Å². The molecule has 3 heteroatoms. The van der Waals surface area contributed by atoms with E-state index < -0.39 is 0 Å². The average Bonchev–Trinajstić information content (AvgIpc) is 2.83. The van der Waals surface area contributed by atoms with Gasteiger partial charge in [-0.2, -0.15) is 0 Å². The van der Waals surface area contributed by atoms with E-state index in [1.165, 1.54) is 16.0 Å². The van der Waals surface area contributed by atoms with Crippen LogP contribution in [-0.4, -0.2) is 4.98 Å². The van der Waals surface area contributed by atoms with Gasteiger partial charge >= 0.3 is 0 Å². The Kier molecular flexibility index (Phi) is 4.08. The molecule has 16 heavy (non-hydrogen) atoms. The molecule has 0 radical (unpaired) electrons. The summed E-state index contributed by atoms with van der Waals surface area (Å²) in [6, 6.07) is 8.59. The van der Waals surface area contributed by atoms with Crippen LogP contribution in [0.4, 0.5) is 0 Å². The molecule has 84 valence electrons. The number of nitrogens with one attached hydrogen (secondary N) is 1. The molecule has 1 N–H and O–H groups in total. The Morgan fingerprint density at radius 3 is 2.69 bits per heavy atom. The highest BCUT2D eigenvalue weighted by Crippen LogP contribution is 2.10. The lowest BCUT2D eigenvalue weighted by atomic mass is 10.1. The summed E-state index contributed by atoms with van der Waals surface area (Å²) in [5.74, 6) is 0. The third kappa shape index (κ3) is 2.90. The van der Waals surface area contributed by atoms with Gasteiger partial charge in [-0.25, -0.2) is 0 Å². The Morgan fingerprint density at radius 1 is 1.19 bits per heavy atom. The molecule has 0 atom stereocenters. The predicted molar refractivity (Wildman–Crippen MR) is 68.5 cm³/mol. The Hall–Kier alpha value is -1.19. The molecule has 0 saturated heterocycles. The fraction of sp³-hybridized carbons (Fsp3) is 0.308. The first-order chi connectivity index (χ1) is 7.90. The second kappa shape index (κ2) is 5.77. The fourth-order valence-corrected chi connectivity index (χ4v) is 2.29. The SMILES string of the molecule is CCc1ccccc1CNCc1cncs1. The van der Waals surface area contributed by atoms with Crippen LogP contribution in [0.1, 0.15) is 22.9 Å². The summed E-state index contributed by atoms with van der Waals surface area (Å²) >= 11 is 1.69. The van der Waals surface area contributed by atoms with Crippen molar-refractivity contribution in [2.75, 3.05) is 0 Å². The minimum Gasteiger partial charge on any atom is -0.308 e. The number of hydrogen-bond donors (Lipinski definition) is 1. The van der Waals surface area contributed by atoms with E-state index in [-0.39, 0.29) is 0 Å². The first-order valence-corrected chi connectivity index (χ1v) is 6.43. The number of hydrogen-bond acceptors (Lipinski definition) is 3. The van der Waals surface area contributed by atoms with Crippen molar-refractivity contribution in [2.24, 2.45) is 0 Å². The van der Waals surface area contributed by atoms with Crippen LogP contribution < -0.4 is 5.32 Å². The molecule has 0 unspecified atom stereocenters. The molecule has 0 spiro atoms. The smallest absolute Gasteiger partial charge is 0.0794 e. The number of aryl methyl sites for hydroxylation is 1. The Morgan fingerprint density at radius 2 is 2.00 bits per heavy atom. The third-order valence-electron chi connectivity index (χ3n) is 2.60. The van der Waals surface area contributed by atoms with Gasteiger partial charge in [0.2, 0.25) is 0 Å². The maximum Gasteiger partial charge on any atom is 0.0794 e. The molecular formula is C13H16N2S. The molecule has 1 heterocycles. The van der Waals surface area contributed by atoms with Gasteiger partial charge in [-0.15, -0.1) is 11.3 Å². The summed E-state index contributed by atoms with van der Waals surface area (Å²) in [5, 5.41) is 3.45. The standard InChI is InChI=1S/C13H16N2S/c1-2-11-5-3-4-6-12(11)7-14-8-13-9-15-10-16-13/h3-6,9-10,14H,2,7-8H2,1H3. The molecule has 2 nitrogen and oxygen atoms in total. The van der Waals surface area contributed by atoms with Crippen molar-refractivity contribution in [3.63, 3.8) is 0 Å². The van der Waals surface area contributed by atoms with Gasteiger partial charge in [0.25, 0.3) is 0 Å². The highest BCUT2D eigenvalue weighted by atomic mass is 32.1. The Balaban J connectivity index is 1.89. The Bertz CT molecular complexity index is 423. The summed E-state index contributed by atoms with van der Waals surface area (Å²) in [5.41, 5.74) is 4.70. The second-order valence-corrected chi connectivity index (χ2v) is 4.66. The van der Waals surface area contributed by atoms with E-state index in [9.17, 15) is 0 Å². The highest BCUT2D eigenvalue weighted by molar-refractivity contribution is 7.09. The number of aromatic nitrogens is 1. The third-order valence-corrected chi connectivity index (χ3v) is 3.38. The zero-order valence-corrected chi connectivity index (χ0v) is 10.3. The zero-order valence-electron chi connectivity index (χ0n) is 9.44. The van der Waals surface area contributed by atoms with Crippen molar-refractivity contribution >= 4 is 11.3 Å². The van der Waals surface area contributed by atoms with Crippen LogP contribution in [0.25, 0.3) is 0 Å². The fourth-order valence-electron chi connectivity index (χ4n) is 1.72. The summed E-state index contributed by atoms with van der Waals surface area (Å²) in [4.78, 5) is 5.35. The number of nitrogens with zero attached hydrogens (tertiary/aromatic N) is 1. The molecule has 0 aliphatic heterocycles. The largest absolute Gasteiger partial charge is 0.308 e. The molecule has 0 bridgehead atoms. The van der Waals surface area contributed by atoms with Crippen LogP contribution in [0.5, 0.6) is 0 Å². The summed E-state index contributed by atoms with van der Waals surface area (Å²) in [6.45, 7) is 4.03.